The van der Waals surface area contributed by atoms with Gasteiger partial charge < -0.3 is 4.57 Å². The Labute approximate surface area is 235 Å². The first-order valence-electron chi connectivity index (χ1n) is 13.3. The Balaban J connectivity index is 1.41. The average Bonchev–Trinajstić information content (AvgIpc) is 3.56. The molecule has 186 valence electrons. The number of rotatable bonds is 3. The van der Waals surface area contributed by atoms with Crippen LogP contribution in [0.25, 0.3) is 69.9 Å². The maximum Gasteiger partial charge on any atom is 0.0991 e. The van der Waals surface area contributed by atoms with Gasteiger partial charge >= 0.3 is 0 Å². The first-order valence-corrected chi connectivity index (χ1v) is 14.2. The molecule has 0 atom stereocenters. The van der Waals surface area contributed by atoms with E-state index in [4.69, 9.17) is 0 Å². The van der Waals surface area contributed by atoms with Crippen LogP contribution in [0.15, 0.2) is 133 Å². The van der Waals surface area contributed by atoms with Gasteiger partial charge in [0.05, 0.1) is 28.4 Å². The zero-order valence-electron chi connectivity index (χ0n) is 21.5. The molecule has 0 saturated heterocycles. The van der Waals surface area contributed by atoms with Crippen LogP contribution in [0.4, 0.5) is 0 Å². The van der Waals surface area contributed by atoms with Crippen molar-refractivity contribution in [3.05, 3.63) is 139 Å². The Morgan fingerprint density at radius 1 is 0.500 bits per heavy atom. The first-order chi connectivity index (χ1) is 19.8. The normalized spacial score (nSPS) is 11.5. The molecule has 2 aromatic heterocycles. The second-order valence-electron chi connectivity index (χ2n) is 10.1. The summed E-state index contributed by atoms with van der Waals surface area (Å²) in [6.45, 7) is 0. The summed E-state index contributed by atoms with van der Waals surface area (Å²) in [6, 6.07) is 49.5. The molecule has 0 saturated carbocycles. The quantitative estimate of drug-likeness (QED) is 0.225. The minimum absolute atomic E-state index is 0.647. The van der Waals surface area contributed by atoms with Gasteiger partial charge in [-0.25, -0.2) is 0 Å². The largest absolute Gasteiger partial charge is 0.309 e. The molecule has 0 radical (unpaired) electrons. The molecular formula is C37H22N2S. The molecular weight excluding hydrogens is 504 g/mol. The lowest BCUT2D eigenvalue weighted by Crippen LogP contribution is -1.99. The van der Waals surface area contributed by atoms with Crippen LogP contribution in [0.5, 0.6) is 0 Å². The van der Waals surface area contributed by atoms with Gasteiger partial charge in [0.15, 0.2) is 0 Å². The van der Waals surface area contributed by atoms with Gasteiger partial charge in [-0.3, -0.25) is 0 Å². The van der Waals surface area contributed by atoms with Crippen molar-refractivity contribution < 1.29 is 0 Å². The maximum absolute atomic E-state index is 9.89. The zero-order valence-corrected chi connectivity index (χ0v) is 22.3. The van der Waals surface area contributed by atoms with Gasteiger partial charge in [0, 0.05) is 36.5 Å². The van der Waals surface area contributed by atoms with E-state index in [1.165, 1.54) is 36.5 Å². The summed E-state index contributed by atoms with van der Waals surface area (Å²) in [7, 11) is 0. The molecule has 0 aliphatic carbocycles. The molecule has 0 N–H and O–H groups in total. The van der Waals surface area contributed by atoms with E-state index in [1.54, 1.807) is 0 Å². The van der Waals surface area contributed by atoms with E-state index in [0.29, 0.717) is 5.56 Å². The fraction of sp³-hybridized carbons (Fsp3) is 0. The van der Waals surface area contributed by atoms with E-state index in [-0.39, 0.29) is 0 Å². The molecule has 0 aliphatic heterocycles. The highest BCUT2D eigenvalue weighted by Gasteiger charge is 2.18. The van der Waals surface area contributed by atoms with E-state index in [2.05, 4.69) is 132 Å². The van der Waals surface area contributed by atoms with Gasteiger partial charge in [-0.2, -0.15) is 5.26 Å². The van der Waals surface area contributed by atoms with Gasteiger partial charge in [0.1, 0.15) is 0 Å². The van der Waals surface area contributed by atoms with Crippen LogP contribution in [0.2, 0.25) is 0 Å². The van der Waals surface area contributed by atoms with Gasteiger partial charge in [-0.15, -0.1) is 11.3 Å². The minimum atomic E-state index is 0.647. The molecule has 0 bridgehead atoms. The number of para-hydroxylation sites is 2. The number of benzene rings is 6. The fourth-order valence-electron chi connectivity index (χ4n) is 6.06. The SMILES string of the molecule is N#Cc1ccc(-n2c3ccccc3c3ccccc32)c(-c2ccccc2-c2ccc3c(c2)sc2ccccc23)c1. The van der Waals surface area contributed by atoms with Crippen molar-refractivity contribution in [1.29, 1.82) is 5.26 Å². The van der Waals surface area contributed by atoms with E-state index in [9.17, 15) is 5.26 Å². The van der Waals surface area contributed by atoms with Crippen LogP contribution in [-0.2, 0) is 0 Å². The number of nitriles is 1. The predicted octanol–water partition coefficient (Wildman–Crippen LogP) is 10.4. The Kier molecular flexibility index (Phi) is 5.10. The third kappa shape index (κ3) is 3.41. The van der Waals surface area contributed by atoms with Gasteiger partial charge in [0.25, 0.3) is 0 Å². The lowest BCUT2D eigenvalue weighted by Gasteiger charge is -2.17. The van der Waals surface area contributed by atoms with E-state index >= 15 is 0 Å². The number of hydrogen-bond donors (Lipinski definition) is 0. The topological polar surface area (TPSA) is 28.7 Å². The zero-order chi connectivity index (χ0) is 26.6. The lowest BCUT2D eigenvalue weighted by atomic mass is 9.92. The highest BCUT2D eigenvalue weighted by Crippen LogP contribution is 2.42. The minimum Gasteiger partial charge on any atom is -0.309 e. The van der Waals surface area contributed by atoms with Crippen LogP contribution >= 0.6 is 11.3 Å². The Morgan fingerprint density at radius 3 is 1.88 bits per heavy atom. The highest BCUT2D eigenvalue weighted by molar-refractivity contribution is 7.25. The van der Waals surface area contributed by atoms with Gasteiger partial charge in [0.2, 0.25) is 0 Å². The van der Waals surface area contributed by atoms with Crippen LogP contribution in [0.1, 0.15) is 5.56 Å². The van der Waals surface area contributed by atoms with Crippen molar-refractivity contribution in [2.45, 2.75) is 0 Å². The summed E-state index contributed by atoms with van der Waals surface area (Å²) >= 11 is 1.84. The smallest absolute Gasteiger partial charge is 0.0991 e. The summed E-state index contributed by atoms with van der Waals surface area (Å²) in [6.07, 6.45) is 0. The van der Waals surface area contributed by atoms with Gasteiger partial charge in [-0.05, 0) is 59.2 Å². The van der Waals surface area contributed by atoms with Crippen molar-refractivity contribution in [3.63, 3.8) is 0 Å². The molecule has 0 amide bonds. The van der Waals surface area contributed by atoms with E-state index in [0.717, 1.165) is 33.4 Å². The molecule has 0 fully saturated rings. The summed E-state index contributed by atoms with van der Waals surface area (Å²) in [5, 5.41) is 14.9. The summed E-state index contributed by atoms with van der Waals surface area (Å²) < 4.78 is 4.92. The Bertz CT molecular complexity index is 2240. The summed E-state index contributed by atoms with van der Waals surface area (Å²) in [5.41, 5.74) is 8.48. The number of fused-ring (bicyclic) bond motifs is 6. The lowest BCUT2D eigenvalue weighted by molar-refractivity contribution is 1.18. The first kappa shape index (κ1) is 22.8. The number of thiophene rings is 1. The molecule has 8 rings (SSSR count). The molecule has 0 spiro atoms. The fourth-order valence-corrected chi connectivity index (χ4v) is 7.21. The van der Waals surface area contributed by atoms with Gasteiger partial charge in [-0.1, -0.05) is 91.0 Å². The van der Waals surface area contributed by atoms with Crippen molar-refractivity contribution in [1.82, 2.24) is 4.57 Å². The highest BCUT2D eigenvalue weighted by atomic mass is 32.1. The van der Waals surface area contributed by atoms with Crippen molar-refractivity contribution in [2.75, 3.05) is 0 Å². The average molecular weight is 527 g/mol. The predicted molar refractivity (Wildman–Crippen MR) is 169 cm³/mol. The van der Waals surface area contributed by atoms with Crippen molar-refractivity contribution >= 4 is 53.3 Å². The monoisotopic (exact) mass is 526 g/mol. The maximum atomic E-state index is 9.89. The number of nitrogens with zero attached hydrogens (tertiary/aromatic N) is 2. The number of aromatic nitrogens is 1. The van der Waals surface area contributed by atoms with E-state index in [1.807, 2.05) is 23.5 Å². The summed E-state index contributed by atoms with van der Waals surface area (Å²) in [5.74, 6) is 0. The molecule has 0 unspecified atom stereocenters. The van der Waals surface area contributed by atoms with Crippen LogP contribution in [-0.4, -0.2) is 4.57 Å². The number of hydrogen-bond acceptors (Lipinski definition) is 2. The molecule has 3 heteroatoms. The molecule has 0 aliphatic rings. The van der Waals surface area contributed by atoms with Crippen LogP contribution in [0, 0.1) is 11.3 Å². The van der Waals surface area contributed by atoms with Crippen LogP contribution in [0.3, 0.4) is 0 Å². The third-order valence-electron chi connectivity index (χ3n) is 7.85. The summed E-state index contributed by atoms with van der Waals surface area (Å²) in [4.78, 5) is 0. The molecule has 40 heavy (non-hydrogen) atoms. The van der Waals surface area contributed by atoms with Crippen molar-refractivity contribution in [2.24, 2.45) is 0 Å². The molecule has 2 heterocycles. The third-order valence-corrected chi connectivity index (χ3v) is 8.99. The molecule has 8 aromatic rings. The van der Waals surface area contributed by atoms with Crippen molar-refractivity contribution in [3.8, 4) is 34.0 Å². The Hall–Kier alpha value is -5.17. The molecule has 6 aromatic carbocycles. The Morgan fingerprint density at radius 2 is 1.12 bits per heavy atom. The van der Waals surface area contributed by atoms with Crippen LogP contribution < -0.4 is 0 Å². The van der Waals surface area contributed by atoms with E-state index < -0.39 is 0 Å². The second kappa shape index (κ2) is 8.95. The molecule has 2 nitrogen and oxygen atoms in total. The second-order valence-corrected chi connectivity index (χ2v) is 11.2. The standard InChI is InChI=1S/C37H22N2S/c38-23-24-17-20-35(39-33-14-6-3-11-28(33)29-12-4-7-15-34(29)39)32(21-24)27-10-2-1-9-26(27)25-18-19-31-30-13-5-8-16-36(30)40-37(31)22-25/h1-22H.